The van der Waals surface area contributed by atoms with Crippen molar-refractivity contribution in [1.82, 2.24) is 0 Å². The third kappa shape index (κ3) is 2.65. The molecule has 0 N–H and O–H groups in total. The molecule has 0 fully saturated rings. The number of hydrogen-bond acceptors (Lipinski definition) is 1. The lowest BCUT2D eigenvalue weighted by Crippen LogP contribution is -2.11. The molecule has 0 bridgehead atoms. The zero-order valence-electron chi connectivity index (χ0n) is 19.0. The molecule has 0 unspecified atom stereocenters. The van der Waals surface area contributed by atoms with Gasteiger partial charge in [-0.2, -0.15) is 0 Å². The highest BCUT2D eigenvalue weighted by molar-refractivity contribution is 7.25. The number of benzene rings is 5. The zero-order valence-corrected chi connectivity index (χ0v) is 19.8. The van der Waals surface area contributed by atoms with E-state index in [1.165, 1.54) is 94.0 Å². The van der Waals surface area contributed by atoms with E-state index in [1.54, 1.807) is 0 Å². The van der Waals surface area contributed by atoms with Gasteiger partial charge in [-0.3, -0.25) is 0 Å². The number of thiophene rings is 1. The van der Waals surface area contributed by atoms with Crippen molar-refractivity contribution in [2.45, 2.75) is 32.1 Å². The van der Waals surface area contributed by atoms with E-state index in [9.17, 15) is 0 Å². The molecular weight excluding hydrogens is 428 g/mol. The summed E-state index contributed by atoms with van der Waals surface area (Å²) < 4.78 is 2.82. The fourth-order valence-electron chi connectivity index (χ4n) is 6.35. The molecule has 1 aromatic heterocycles. The van der Waals surface area contributed by atoms with Crippen molar-refractivity contribution >= 4 is 65.2 Å². The summed E-state index contributed by atoms with van der Waals surface area (Å²) in [6.07, 6.45) is 13.0. The van der Waals surface area contributed by atoms with Crippen molar-refractivity contribution in [3.05, 3.63) is 94.7 Å². The van der Waals surface area contributed by atoms with Gasteiger partial charge >= 0.3 is 0 Å². The van der Waals surface area contributed by atoms with Crippen LogP contribution in [0.4, 0.5) is 0 Å². The summed E-state index contributed by atoms with van der Waals surface area (Å²) in [6, 6.07) is 25.9. The number of fused-ring (bicyclic) bond motifs is 4. The van der Waals surface area contributed by atoms with Crippen LogP contribution in [-0.2, 0) is 12.8 Å². The second kappa shape index (κ2) is 7.04. The Hall–Kier alpha value is -3.42. The van der Waals surface area contributed by atoms with Crippen molar-refractivity contribution in [3.8, 4) is 11.1 Å². The van der Waals surface area contributed by atoms with Crippen molar-refractivity contribution in [3.63, 3.8) is 0 Å². The van der Waals surface area contributed by atoms with Crippen molar-refractivity contribution in [2.24, 2.45) is 0 Å². The van der Waals surface area contributed by atoms with Gasteiger partial charge in [0.2, 0.25) is 0 Å². The van der Waals surface area contributed by atoms with Gasteiger partial charge < -0.3 is 0 Å². The Morgan fingerprint density at radius 1 is 0.706 bits per heavy atom. The second-order valence-corrected chi connectivity index (χ2v) is 11.0. The molecule has 0 atom stereocenters. The first-order chi connectivity index (χ1) is 16.8. The summed E-state index contributed by atoms with van der Waals surface area (Å²) in [6.45, 7) is 0. The van der Waals surface area contributed by atoms with Gasteiger partial charge in [-0.15, -0.1) is 11.3 Å². The van der Waals surface area contributed by atoms with Crippen LogP contribution in [0.15, 0.2) is 72.8 Å². The second-order valence-electron chi connectivity index (χ2n) is 9.91. The van der Waals surface area contributed by atoms with Crippen LogP contribution >= 0.6 is 11.3 Å². The highest BCUT2D eigenvalue weighted by Gasteiger charge is 2.18. The van der Waals surface area contributed by atoms with Crippen LogP contribution in [0.2, 0.25) is 0 Å². The van der Waals surface area contributed by atoms with Gasteiger partial charge in [0.05, 0.1) is 0 Å². The Morgan fingerprint density at radius 3 is 2.65 bits per heavy atom. The van der Waals surface area contributed by atoms with E-state index in [2.05, 4.69) is 85.0 Å². The highest BCUT2D eigenvalue weighted by atomic mass is 32.1. The minimum atomic E-state index is 1.12. The summed E-state index contributed by atoms with van der Waals surface area (Å²) >= 11 is 1.95. The predicted molar refractivity (Wildman–Crippen MR) is 150 cm³/mol. The van der Waals surface area contributed by atoms with Gasteiger partial charge in [0.25, 0.3) is 0 Å². The summed E-state index contributed by atoms with van der Waals surface area (Å²) in [5.41, 5.74) is 7.21. The van der Waals surface area contributed by atoms with Crippen LogP contribution in [0.1, 0.15) is 36.0 Å². The smallest absolute Gasteiger partial charge is 0.0358 e. The Morgan fingerprint density at radius 2 is 1.65 bits per heavy atom. The SMILES string of the molecule is C1=Cc2cc3c(cc2CCC1)sc1ccc(-c2cc4cccc5ccc6c(c2CCC=6)c54)cc13. The average molecular weight is 453 g/mol. The molecule has 0 saturated heterocycles. The largest absolute Gasteiger partial charge is 0.135 e. The normalized spacial score (nSPS) is 15.2. The minimum Gasteiger partial charge on any atom is -0.135 e. The first kappa shape index (κ1) is 18.9. The number of aryl methyl sites for hydroxylation is 2. The third-order valence-electron chi connectivity index (χ3n) is 7.95. The lowest BCUT2D eigenvalue weighted by atomic mass is 9.84. The molecule has 0 saturated carbocycles. The lowest BCUT2D eigenvalue weighted by molar-refractivity contribution is 0.853. The van der Waals surface area contributed by atoms with E-state index in [-0.39, 0.29) is 0 Å². The van der Waals surface area contributed by atoms with Crippen LogP contribution in [0.25, 0.3) is 65.0 Å². The van der Waals surface area contributed by atoms with E-state index in [4.69, 9.17) is 0 Å². The fraction of sp³-hybridized carbons (Fsp3) is 0.152. The first-order valence-electron chi connectivity index (χ1n) is 12.5. The van der Waals surface area contributed by atoms with E-state index in [1.807, 2.05) is 11.3 Å². The van der Waals surface area contributed by atoms with Crippen LogP contribution < -0.4 is 5.22 Å². The van der Waals surface area contributed by atoms with Gasteiger partial charge in [-0.1, -0.05) is 54.6 Å². The van der Waals surface area contributed by atoms with Crippen LogP contribution in [0.3, 0.4) is 0 Å². The summed E-state index contributed by atoms with van der Waals surface area (Å²) in [5.74, 6) is 0. The molecule has 6 aromatic rings. The predicted octanol–water partition coefficient (Wildman–Crippen LogP) is 8.82. The van der Waals surface area contributed by atoms with Gasteiger partial charge in [0.15, 0.2) is 0 Å². The summed E-state index contributed by atoms with van der Waals surface area (Å²) in [4.78, 5) is 0. The Bertz CT molecular complexity index is 1880. The molecule has 0 nitrogen and oxygen atoms in total. The average Bonchev–Trinajstić information content (AvgIpc) is 3.06. The van der Waals surface area contributed by atoms with Crippen LogP contribution in [0.5, 0.6) is 0 Å². The number of rotatable bonds is 1. The molecule has 162 valence electrons. The zero-order chi connectivity index (χ0) is 22.2. The summed E-state index contributed by atoms with van der Waals surface area (Å²) in [7, 11) is 0. The molecule has 2 aliphatic rings. The van der Waals surface area contributed by atoms with Gasteiger partial charge in [0.1, 0.15) is 0 Å². The quantitative estimate of drug-likeness (QED) is 0.234. The van der Waals surface area contributed by atoms with E-state index in [0.29, 0.717) is 0 Å². The maximum atomic E-state index is 2.46. The monoisotopic (exact) mass is 452 g/mol. The fourth-order valence-corrected chi connectivity index (χ4v) is 7.48. The maximum Gasteiger partial charge on any atom is 0.0358 e. The van der Waals surface area contributed by atoms with Crippen molar-refractivity contribution in [1.29, 1.82) is 0 Å². The van der Waals surface area contributed by atoms with Gasteiger partial charge in [-0.05, 0) is 117 Å². The van der Waals surface area contributed by atoms with E-state index >= 15 is 0 Å². The molecule has 1 heterocycles. The molecule has 0 aliphatic heterocycles. The van der Waals surface area contributed by atoms with Crippen LogP contribution in [0, 0.1) is 0 Å². The molecule has 8 rings (SSSR count). The number of hydrogen-bond donors (Lipinski definition) is 0. The Labute approximate surface area is 202 Å². The van der Waals surface area contributed by atoms with E-state index in [0.717, 1.165) is 12.8 Å². The van der Waals surface area contributed by atoms with Crippen molar-refractivity contribution < 1.29 is 0 Å². The molecule has 34 heavy (non-hydrogen) atoms. The minimum absolute atomic E-state index is 1.12. The standard InChI is InChI=1S/C33H24S/c1-2-6-22-16-29-28-17-24(14-15-30(28)34-31(29)19-23(22)7-3-1)27-18-25-10-4-8-20-12-13-21-9-5-11-26(27)33(21)32(20)25/h2,4,6,8-10,12-19H,1,3,5,7,11H2. The topological polar surface area (TPSA) is 0 Å². The lowest BCUT2D eigenvalue weighted by Gasteiger charge is -2.19. The third-order valence-corrected chi connectivity index (χ3v) is 9.09. The highest BCUT2D eigenvalue weighted by Crippen LogP contribution is 2.41. The Balaban J connectivity index is 1.42. The molecular formula is C33H24S. The van der Waals surface area contributed by atoms with Crippen molar-refractivity contribution in [2.75, 3.05) is 0 Å². The number of allylic oxidation sites excluding steroid dienone is 1. The van der Waals surface area contributed by atoms with Gasteiger partial charge in [-0.25, -0.2) is 0 Å². The molecule has 0 radical (unpaired) electrons. The molecule has 5 aromatic carbocycles. The van der Waals surface area contributed by atoms with Gasteiger partial charge in [0, 0.05) is 20.2 Å². The van der Waals surface area contributed by atoms with E-state index < -0.39 is 0 Å². The summed E-state index contributed by atoms with van der Waals surface area (Å²) in [5, 5.41) is 9.84. The molecule has 1 heteroatoms. The Kier molecular flexibility index (Phi) is 3.92. The first-order valence-corrected chi connectivity index (χ1v) is 13.3. The molecule has 0 spiro atoms. The molecule has 2 aliphatic carbocycles. The molecule has 0 amide bonds. The maximum absolute atomic E-state index is 2.46. The van der Waals surface area contributed by atoms with Crippen LogP contribution in [-0.4, -0.2) is 0 Å².